The normalized spacial score (nSPS) is 24.7. The van der Waals surface area contributed by atoms with Crippen LogP contribution >= 0.6 is 0 Å². The molecule has 4 nitrogen and oxygen atoms in total. The van der Waals surface area contributed by atoms with Crippen LogP contribution in [0.25, 0.3) is 0 Å². The third-order valence-corrected chi connectivity index (χ3v) is 2.94. The summed E-state index contributed by atoms with van der Waals surface area (Å²) >= 11 is 0. The van der Waals surface area contributed by atoms with Crippen molar-refractivity contribution in [3.05, 3.63) is 0 Å². The van der Waals surface area contributed by atoms with Crippen LogP contribution in [-0.4, -0.2) is 41.4 Å². The molecule has 0 saturated carbocycles. The molecule has 0 spiro atoms. The summed E-state index contributed by atoms with van der Waals surface area (Å²) in [4.78, 5) is 26.3. The van der Waals surface area contributed by atoms with Gasteiger partial charge in [0, 0.05) is 12.8 Å². The van der Waals surface area contributed by atoms with E-state index in [9.17, 15) is 9.59 Å². The highest BCUT2D eigenvalue weighted by Crippen LogP contribution is 2.15. The summed E-state index contributed by atoms with van der Waals surface area (Å²) in [6.45, 7) is 2.58. The van der Waals surface area contributed by atoms with Gasteiger partial charge in [-0.2, -0.15) is 0 Å². The standard InChI is InChI=1S/C10H16N2O2/c13-9-4-5-10(14)12(9)8-11-6-2-1-3-7-11/h1-8H2. The molecule has 0 aromatic heterocycles. The second kappa shape index (κ2) is 4.09. The number of hydrogen-bond donors (Lipinski definition) is 0. The van der Waals surface area contributed by atoms with Gasteiger partial charge in [0.15, 0.2) is 0 Å². The van der Waals surface area contributed by atoms with Crippen LogP contribution in [0.3, 0.4) is 0 Å². The van der Waals surface area contributed by atoms with Gasteiger partial charge < -0.3 is 0 Å². The molecule has 0 aromatic carbocycles. The number of piperidine rings is 1. The zero-order valence-electron chi connectivity index (χ0n) is 8.37. The maximum Gasteiger partial charge on any atom is 0.230 e. The molecule has 0 bridgehead atoms. The topological polar surface area (TPSA) is 40.6 Å². The van der Waals surface area contributed by atoms with E-state index in [0.29, 0.717) is 19.5 Å². The molecule has 78 valence electrons. The molecule has 0 N–H and O–H groups in total. The lowest BCUT2D eigenvalue weighted by molar-refractivity contribution is -0.141. The SMILES string of the molecule is O=C1CCC(=O)N1CN1CCCCC1. The molecule has 4 heteroatoms. The van der Waals surface area contributed by atoms with Gasteiger partial charge in [-0.1, -0.05) is 6.42 Å². The van der Waals surface area contributed by atoms with Crippen molar-refractivity contribution >= 4 is 11.8 Å². The van der Waals surface area contributed by atoms with Gasteiger partial charge in [0.1, 0.15) is 0 Å². The second-order valence-electron chi connectivity index (χ2n) is 4.04. The molecular weight excluding hydrogens is 180 g/mol. The number of nitrogens with zero attached hydrogens (tertiary/aromatic N) is 2. The van der Waals surface area contributed by atoms with Gasteiger partial charge in [-0.25, -0.2) is 0 Å². The zero-order valence-corrected chi connectivity index (χ0v) is 8.37. The van der Waals surface area contributed by atoms with E-state index in [-0.39, 0.29) is 11.8 Å². The average molecular weight is 196 g/mol. The smallest absolute Gasteiger partial charge is 0.230 e. The largest absolute Gasteiger partial charge is 0.286 e. The molecule has 0 aromatic rings. The molecular formula is C10H16N2O2. The summed E-state index contributed by atoms with van der Waals surface area (Å²) in [6, 6.07) is 0. The van der Waals surface area contributed by atoms with Crippen LogP contribution in [0.2, 0.25) is 0 Å². The maximum absolute atomic E-state index is 11.3. The van der Waals surface area contributed by atoms with E-state index in [1.165, 1.54) is 24.2 Å². The second-order valence-corrected chi connectivity index (χ2v) is 4.04. The van der Waals surface area contributed by atoms with E-state index in [2.05, 4.69) is 4.90 Å². The molecule has 0 aliphatic carbocycles. The van der Waals surface area contributed by atoms with E-state index in [4.69, 9.17) is 0 Å². The Balaban J connectivity index is 1.89. The van der Waals surface area contributed by atoms with Gasteiger partial charge in [0.2, 0.25) is 11.8 Å². The van der Waals surface area contributed by atoms with Crippen molar-refractivity contribution in [2.24, 2.45) is 0 Å². The number of carbonyl (C=O) groups excluding carboxylic acids is 2. The molecule has 2 amide bonds. The minimum atomic E-state index is 0.000531. The third kappa shape index (κ3) is 1.95. The van der Waals surface area contributed by atoms with Crippen molar-refractivity contribution in [1.82, 2.24) is 9.80 Å². The Morgan fingerprint density at radius 2 is 1.50 bits per heavy atom. The van der Waals surface area contributed by atoms with Gasteiger partial charge in [0.25, 0.3) is 0 Å². The summed E-state index contributed by atoms with van der Waals surface area (Å²) in [5, 5.41) is 0. The first-order valence-electron chi connectivity index (χ1n) is 5.33. The molecule has 2 rings (SSSR count). The van der Waals surface area contributed by atoms with E-state index in [1.807, 2.05) is 0 Å². The van der Waals surface area contributed by atoms with Crippen LogP contribution in [0.1, 0.15) is 32.1 Å². The number of likely N-dealkylation sites (tertiary alicyclic amines) is 2. The molecule has 2 aliphatic rings. The van der Waals surface area contributed by atoms with Crippen LogP contribution in [0.5, 0.6) is 0 Å². The van der Waals surface area contributed by atoms with Crippen LogP contribution in [0.15, 0.2) is 0 Å². The predicted octanol–water partition coefficient (Wildman–Crippen LogP) is 0.579. The summed E-state index contributed by atoms with van der Waals surface area (Å²) in [5.74, 6) is 0.00106. The third-order valence-electron chi connectivity index (χ3n) is 2.94. The lowest BCUT2D eigenvalue weighted by Gasteiger charge is -2.29. The summed E-state index contributed by atoms with van der Waals surface area (Å²) in [5.41, 5.74) is 0. The van der Waals surface area contributed by atoms with Crippen molar-refractivity contribution in [2.45, 2.75) is 32.1 Å². The van der Waals surface area contributed by atoms with Gasteiger partial charge in [-0.05, 0) is 25.9 Å². The van der Waals surface area contributed by atoms with E-state index in [0.717, 1.165) is 13.1 Å². The summed E-state index contributed by atoms with van der Waals surface area (Å²) < 4.78 is 0. The van der Waals surface area contributed by atoms with Gasteiger partial charge in [-0.15, -0.1) is 0 Å². The van der Waals surface area contributed by atoms with Crippen molar-refractivity contribution in [3.63, 3.8) is 0 Å². The number of hydrogen-bond acceptors (Lipinski definition) is 3. The fourth-order valence-electron chi connectivity index (χ4n) is 2.08. The first-order valence-corrected chi connectivity index (χ1v) is 5.33. The van der Waals surface area contributed by atoms with Crippen LogP contribution in [0, 0.1) is 0 Å². The Kier molecular flexibility index (Phi) is 2.82. The fourth-order valence-corrected chi connectivity index (χ4v) is 2.08. The molecule has 0 unspecified atom stereocenters. The molecule has 2 aliphatic heterocycles. The molecule has 2 saturated heterocycles. The molecule has 0 radical (unpaired) electrons. The lowest BCUT2D eigenvalue weighted by Crippen LogP contribution is -2.42. The Labute approximate surface area is 83.9 Å². The number of amides is 2. The number of carbonyl (C=O) groups is 2. The van der Waals surface area contributed by atoms with Crippen LogP contribution in [-0.2, 0) is 9.59 Å². The van der Waals surface area contributed by atoms with Crippen molar-refractivity contribution < 1.29 is 9.59 Å². The monoisotopic (exact) mass is 196 g/mol. The minimum absolute atomic E-state index is 0.000531. The van der Waals surface area contributed by atoms with Crippen molar-refractivity contribution in [1.29, 1.82) is 0 Å². The lowest BCUT2D eigenvalue weighted by atomic mass is 10.1. The van der Waals surface area contributed by atoms with Crippen molar-refractivity contribution in [3.8, 4) is 0 Å². The van der Waals surface area contributed by atoms with E-state index < -0.39 is 0 Å². The molecule has 0 atom stereocenters. The van der Waals surface area contributed by atoms with Crippen LogP contribution < -0.4 is 0 Å². The Morgan fingerprint density at radius 3 is 2.07 bits per heavy atom. The number of rotatable bonds is 2. The summed E-state index contributed by atoms with van der Waals surface area (Å²) in [6.07, 6.45) is 4.48. The minimum Gasteiger partial charge on any atom is -0.286 e. The first-order chi connectivity index (χ1) is 6.77. The highest BCUT2D eigenvalue weighted by Gasteiger charge is 2.30. The molecule has 2 heterocycles. The maximum atomic E-state index is 11.3. The number of imide groups is 1. The quantitative estimate of drug-likeness (QED) is 0.606. The molecule has 14 heavy (non-hydrogen) atoms. The van der Waals surface area contributed by atoms with Gasteiger partial charge in [-0.3, -0.25) is 19.4 Å². The fraction of sp³-hybridized carbons (Fsp3) is 0.800. The Bertz CT molecular complexity index is 231. The van der Waals surface area contributed by atoms with Gasteiger partial charge >= 0.3 is 0 Å². The summed E-state index contributed by atoms with van der Waals surface area (Å²) in [7, 11) is 0. The first kappa shape index (κ1) is 9.65. The molecule has 2 fully saturated rings. The Morgan fingerprint density at radius 1 is 0.929 bits per heavy atom. The Hall–Kier alpha value is -0.900. The zero-order chi connectivity index (χ0) is 9.97. The predicted molar refractivity (Wildman–Crippen MR) is 51.4 cm³/mol. The van der Waals surface area contributed by atoms with E-state index >= 15 is 0 Å². The van der Waals surface area contributed by atoms with Crippen molar-refractivity contribution in [2.75, 3.05) is 19.8 Å². The van der Waals surface area contributed by atoms with E-state index in [1.54, 1.807) is 0 Å². The van der Waals surface area contributed by atoms with Crippen LogP contribution in [0.4, 0.5) is 0 Å². The highest BCUT2D eigenvalue weighted by atomic mass is 16.2. The van der Waals surface area contributed by atoms with Gasteiger partial charge in [0.05, 0.1) is 6.67 Å². The highest BCUT2D eigenvalue weighted by molar-refractivity contribution is 6.01. The average Bonchev–Trinajstić information content (AvgIpc) is 2.51.